The van der Waals surface area contributed by atoms with E-state index in [2.05, 4.69) is 15.4 Å². The summed E-state index contributed by atoms with van der Waals surface area (Å²) in [6.07, 6.45) is 0. The molecule has 0 saturated carbocycles. The molecule has 10 nitrogen and oxygen atoms in total. The Balaban J connectivity index is 2.01. The second-order valence-corrected chi connectivity index (χ2v) is 5.95. The number of carbonyl (C=O) groups is 1. The lowest BCUT2D eigenvalue weighted by atomic mass is 10.1. The van der Waals surface area contributed by atoms with Gasteiger partial charge in [-0.2, -0.15) is 4.80 Å². The molecule has 0 aliphatic carbocycles. The SMILES string of the molecule is CC(C(=O)c1c(N)n(C)c(=O)n(C)c1=O)n1nnc(-c2cccc(F)c2)n1. The molecule has 0 radical (unpaired) electrons. The second kappa shape index (κ2) is 6.59. The maximum atomic E-state index is 13.3. The normalized spacial score (nSPS) is 12.1. The minimum absolute atomic E-state index is 0.121. The van der Waals surface area contributed by atoms with Crippen molar-refractivity contribution in [2.45, 2.75) is 13.0 Å². The van der Waals surface area contributed by atoms with Gasteiger partial charge in [0.25, 0.3) is 5.56 Å². The number of rotatable bonds is 4. The van der Waals surface area contributed by atoms with Crippen molar-refractivity contribution in [3.05, 3.63) is 56.5 Å². The van der Waals surface area contributed by atoms with Crippen LogP contribution in [0.15, 0.2) is 33.9 Å². The zero-order valence-corrected chi connectivity index (χ0v) is 14.8. The molecule has 140 valence electrons. The number of nitrogen functional groups attached to an aromatic ring is 1. The topological polar surface area (TPSA) is 131 Å². The van der Waals surface area contributed by atoms with E-state index < -0.39 is 28.9 Å². The van der Waals surface area contributed by atoms with Crippen LogP contribution in [0, 0.1) is 5.82 Å². The highest BCUT2D eigenvalue weighted by Gasteiger charge is 2.27. The summed E-state index contributed by atoms with van der Waals surface area (Å²) in [6, 6.07) is 4.58. The van der Waals surface area contributed by atoms with Crippen molar-refractivity contribution >= 4 is 11.6 Å². The van der Waals surface area contributed by atoms with Crippen LogP contribution in [0.4, 0.5) is 10.2 Å². The van der Waals surface area contributed by atoms with E-state index in [0.717, 1.165) is 13.9 Å². The van der Waals surface area contributed by atoms with E-state index in [4.69, 9.17) is 5.73 Å². The number of hydrogen-bond acceptors (Lipinski definition) is 7. The van der Waals surface area contributed by atoms with E-state index in [1.807, 2.05) is 0 Å². The first kappa shape index (κ1) is 18.2. The fourth-order valence-corrected chi connectivity index (χ4v) is 2.54. The van der Waals surface area contributed by atoms with Gasteiger partial charge < -0.3 is 5.73 Å². The van der Waals surface area contributed by atoms with E-state index in [0.29, 0.717) is 5.56 Å². The average molecular weight is 373 g/mol. The van der Waals surface area contributed by atoms with Gasteiger partial charge >= 0.3 is 5.69 Å². The first-order valence-electron chi connectivity index (χ1n) is 7.87. The highest BCUT2D eigenvalue weighted by atomic mass is 19.1. The third-order valence-electron chi connectivity index (χ3n) is 4.19. The van der Waals surface area contributed by atoms with Crippen LogP contribution < -0.4 is 17.0 Å². The Labute approximate surface area is 151 Å². The molecule has 2 aromatic heterocycles. The maximum absolute atomic E-state index is 13.3. The minimum Gasteiger partial charge on any atom is -0.384 e. The van der Waals surface area contributed by atoms with Gasteiger partial charge in [0, 0.05) is 19.7 Å². The van der Waals surface area contributed by atoms with E-state index in [1.165, 1.54) is 39.2 Å². The number of hydrogen-bond donors (Lipinski definition) is 1. The summed E-state index contributed by atoms with van der Waals surface area (Å²) in [5.41, 5.74) is 4.40. The molecule has 27 heavy (non-hydrogen) atoms. The van der Waals surface area contributed by atoms with Gasteiger partial charge in [0.1, 0.15) is 23.2 Å². The largest absolute Gasteiger partial charge is 0.384 e. The van der Waals surface area contributed by atoms with Crippen LogP contribution >= 0.6 is 0 Å². The van der Waals surface area contributed by atoms with Crippen LogP contribution in [-0.2, 0) is 14.1 Å². The average Bonchev–Trinajstić information content (AvgIpc) is 3.14. The molecule has 2 N–H and O–H groups in total. The number of anilines is 1. The van der Waals surface area contributed by atoms with E-state index in [-0.39, 0.29) is 17.2 Å². The first-order chi connectivity index (χ1) is 12.7. The van der Waals surface area contributed by atoms with Crippen LogP contribution in [0.2, 0.25) is 0 Å². The Kier molecular flexibility index (Phi) is 4.44. The maximum Gasteiger partial charge on any atom is 0.332 e. The Morgan fingerprint density at radius 3 is 2.59 bits per heavy atom. The van der Waals surface area contributed by atoms with Gasteiger partial charge in [0.2, 0.25) is 5.82 Å². The molecule has 3 rings (SSSR count). The lowest BCUT2D eigenvalue weighted by Gasteiger charge is -2.13. The van der Waals surface area contributed by atoms with Crippen molar-refractivity contribution < 1.29 is 9.18 Å². The molecule has 1 atom stereocenters. The number of Topliss-reactive ketones (excluding diaryl/α,β-unsaturated/α-hetero) is 1. The zero-order valence-electron chi connectivity index (χ0n) is 14.8. The van der Waals surface area contributed by atoms with Gasteiger partial charge in [-0.1, -0.05) is 12.1 Å². The molecule has 2 heterocycles. The van der Waals surface area contributed by atoms with Crippen molar-refractivity contribution in [1.82, 2.24) is 29.3 Å². The van der Waals surface area contributed by atoms with Gasteiger partial charge in [-0.05, 0) is 24.3 Å². The highest BCUT2D eigenvalue weighted by molar-refractivity contribution is 6.02. The van der Waals surface area contributed by atoms with Gasteiger partial charge in [0.05, 0.1) is 0 Å². The van der Waals surface area contributed by atoms with E-state index >= 15 is 0 Å². The molecule has 0 aliphatic rings. The highest BCUT2D eigenvalue weighted by Crippen LogP contribution is 2.18. The Hall–Kier alpha value is -3.63. The van der Waals surface area contributed by atoms with E-state index in [1.54, 1.807) is 6.07 Å². The van der Waals surface area contributed by atoms with Gasteiger partial charge in [-0.3, -0.25) is 18.7 Å². The fourth-order valence-electron chi connectivity index (χ4n) is 2.54. The molecule has 0 spiro atoms. The smallest absolute Gasteiger partial charge is 0.332 e. The van der Waals surface area contributed by atoms with Crippen molar-refractivity contribution in [2.75, 3.05) is 5.73 Å². The van der Waals surface area contributed by atoms with Gasteiger partial charge in [0.15, 0.2) is 5.78 Å². The molecule has 1 unspecified atom stereocenters. The molecule has 11 heteroatoms. The molecule has 0 bridgehead atoms. The van der Waals surface area contributed by atoms with E-state index in [9.17, 15) is 18.8 Å². The summed E-state index contributed by atoms with van der Waals surface area (Å²) in [5, 5.41) is 11.7. The number of carbonyl (C=O) groups excluding carboxylic acids is 1. The molecule has 0 amide bonds. The predicted molar refractivity (Wildman–Crippen MR) is 93.6 cm³/mol. The van der Waals surface area contributed by atoms with Crippen molar-refractivity contribution in [3.8, 4) is 11.4 Å². The summed E-state index contributed by atoms with van der Waals surface area (Å²) >= 11 is 0. The number of nitrogens with two attached hydrogens (primary N) is 1. The Bertz CT molecular complexity index is 1160. The third-order valence-corrected chi connectivity index (χ3v) is 4.19. The Morgan fingerprint density at radius 1 is 1.22 bits per heavy atom. The standard InChI is InChI=1S/C16H16FN7O3/c1-8(12(25)11-13(18)22(2)16(27)23(3)15(11)26)24-20-14(19-21-24)9-5-4-6-10(17)7-9/h4-8H,18H2,1-3H3. The van der Waals surface area contributed by atoms with Crippen LogP contribution in [0.3, 0.4) is 0 Å². The molecule has 0 aliphatic heterocycles. The summed E-state index contributed by atoms with van der Waals surface area (Å²) < 4.78 is 15.2. The predicted octanol–water partition coefficient (Wildman–Crippen LogP) is -0.0973. The fraction of sp³-hybridized carbons (Fsp3) is 0.250. The lowest BCUT2D eigenvalue weighted by molar-refractivity contribution is 0.0916. The molecular formula is C16H16FN7O3. The number of ketones is 1. The molecule has 0 saturated heterocycles. The van der Waals surface area contributed by atoms with Crippen LogP contribution in [-0.4, -0.2) is 35.1 Å². The second-order valence-electron chi connectivity index (χ2n) is 5.95. The van der Waals surface area contributed by atoms with Crippen molar-refractivity contribution in [2.24, 2.45) is 14.1 Å². The van der Waals surface area contributed by atoms with Gasteiger partial charge in [-0.15, -0.1) is 10.2 Å². The molecule has 1 aromatic carbocycles. The zero-order chi connectivity index (χ0) is 19.9. The van der Waals surface area contributed by atoms with Crippen LogP contribution in [0.5, 0.6) is 0 Å². The van der Waals surface area contributed by atoms with Crippen LogP contribution in [0.1, 0.15) is 23.3 Å². The molecular weight excluding hydrogens is 357 g/mol. The number of nitrogens with zero attached hydrogens (tertiary/aromatic N) is 6. The lowest BCUT2D eigenvalue weighted by Crippen LogP contribution is -2.42. The van der Waals surface area contributed by atoms with Crippen molar-refractivity contribution in [3.63, 3.8) is 0 Å². The van der Waals surface area contributed by atoms with Crippen molar-refractivity contribution in [1.29, 1.82) is 0 Å². The third kappa shape index (κ3) is 3.03. The summed E-state index contributed by atoms with van der Waals surface area (Å²) in [5.74, 6) is -1.26. The Morgan fingerprint density at radius 2 is 1.93 bits per heavy atom. The van der Waals surface area contributed by atoms with Crippen LogP contribution in [0.25, 0.3) is 11.4 Å². The summed E-state index contributed by atoms with van der Waals surface area (Å²) in [7, 11) is 2.61. The number of tetrazole rings is 1. The monoisotopic (exact) mass is 373 g/mol. The number of aromatic nitrogens is 6. The summed E-state index contributed by atoms with van der Waals surface area (Å²) in [6.45, 7) is 1.46. The quantitative estimate of drug-likeness (QED) is 0.632. The number of halogens is 1. The minimum atomic E-state index is -1.02. The molecule has 0 fully saturated rings. The molecule has 3 aromatic rings. The first-order valence-corrected chi connectivity index (χ1v) is 7.87. The summed E-state index contributed by atoms with van der Waals surface area (Å²) in [4.78, 5) is 38.0. The number of benzene rings is 1. The van der Waals surface area contributed by atoms with Gasteiger partial charge in [-0.25, -0.2) is 9.18 Å².